The fourth-order valence-electron chi connectivity index (χ4n) is 3.29. The van der Waals surface area contributed by atoms with E-state index in [1.54, 1.807) is 4.90 Å². The van der Waals surface area contributed by atoms with E-state index < -0.39 is 0 Å². The SMILES string of the molecule is Cc1ccc([C@H]2COCCN2C(=O)NCCc2c(C)nn(C)c2C)o1. The van der Waals surface area contributed by atoms with E-state index in [0.29, 0.717) is 26.3 Å². The molecule has 0 unspecified atom stereocenters. The summed E-state index contributed by atoms with van der Waals surface area (Å²) in [7, 11) is 1.94. The van der Waals surface area contributed by atoms with Gasteiger partial charge in [-0.2, -0.15) is 5.10 Å². The van der Waals surface area contributed by atoms with Crippen molar-refractivity contribution in [2.75, 3.05) is 26.3 Å². The molecular weight excluding hydrogens is 320 g/mol. The van der Waals surface area contributed by atoms with Crippen molar-refractivity contribution in [2.45, 2.75) is 33.2 Å². The van der Waals surface area contributed by atoms with E-state index in [1.165, 1.54) is 5.56 Å². The summed E-state index contributed by atoms with van der Waals surface area (Å²) in [6, 6.07) is 3.57. The number of urea groups is 1. The van der Waals surface area contributed by atoms with E-state index in [-0.39, 0.29) is 12.1 Å². The van der Waals surface area contributed by atoms with E-state index in [9.17, 15) is 4.79 Å². The molecule has 2 aromatic heterocycles. The molecule has 25 heavy (non-hydrogen) atoms. The van der Waals surface area contributed by atoms with E-state index in [4.69, 9.17) is 9.15 Å². The Labute approximate surface area is 147 Å². The molecule has 1 saturated heterocycles. The van der Waals surface area contributed by atoms with Gasteiger partial charge in [0.1, 0.15) is 17.6 Å². The monoisotopic (exact) mass is 346 g/mol. The number of carbonyl (C=O) groups is 1. The number of rotatable bonds is 4. The summed E-state index contributed by atoms with van der Waals surface area (Å²) in [6.45, 7) is 8.09. The van der Waals surface area contributed by atoms with Crippen molar-refractivity contribution in [3.63, 3.8) is 0 Å². The number of aryl methyl sites for hydroxylation is 3. The molecule has 1 fully saturated rings. The molecular formula is C18H26N4O3. The molecule has 2 aromatic rings. The summed E-state index contributed by atoms with van der Waals surface area (Å²) in [4.78, 5) is 14.4. The van der Waals surface area contributed by atoms with E-state index in [2.05, 4.69) is 17.3 Å². The second kappa shape index (κ2) is 7.31. The first-order chi connectivity index (χ1) is 12.0. The Morgan fingerprint density at radius 2 is 2.16 bits per heavy atom. The van der Waals surface area contributed by atoms with Crippen LogP contribution in [0.1, 0.15) is 34.5 Å². The third kappa shape index (κ3) is 3.71. The molecule has 1 atom stereocenters. The Balaban J connectivity index is 1.61. The van der Waals surface area contributed by atoms with Gasteiger partial charge in [0.15, 0.2) is 0 Å². The van der Waals surface area contributed by atoms with E-state index in [1.807, 2.05) is 37.7 Å². The Morgan fingerprint density at radius 3 is 2.80 bits per heavy atom. The molecule has 1 aliphatic rings. The first-order valence-electron chi connectivity index (χ1n) is 8.65. The number of nitrogens with zero attached hydrogens (tertiary/aromatic N) is 3. The maximum atomic E-state index is 12.7. The van der Waals surface area contributed by atoms with Gasteiger partial charge in [-0.25, -0.2) is 4.79 Å². The zero-order valence-corrected chi connectivity index (χ0v) is 15.3. The number of hydrogen-bond acceptors (Lipinski definition) is 4. The zero-order chi connectivity index (χ0) is 18.0. The number of hydrogen-bond donors (Lipinski definition) is 1. The number of furan rings is 1. The molecule has 1 aliphatic heterocycles. The fraction of sp³-hybridized carbons (Fsp3) is 0.556. The summed E-state index contributed by atoms with van der Waals surface area (Å²) in [5.74, 6) is 1.61. The van der Waals surface area contributed by atoms with Crippen molar-refractivity contribution >= 4 is 6.03 Å². The summed E-state index contributed by atoms with van der Waals surface area (Å²) in [6.07, 6.45) is 0.770. The number of aromatic nitrogens is 2. The minimum absolute atomic E-state index is 0.0819. The van der Waals surface area contributed by atoms with Crippen molar-refractivity contribution in [2.24, 2.45) is 7.05 Å². The van der Waals surface area contributed by atoms with Crippen molar-refractivity contribution in [3.05, 3.63) is 40.6 Å². The highest BCUT2D eigenvalue weighted by Crippen LogP contribution is 2.25. The van der Waals surface area contributed by atoms with Crippen LogP contribution in [0, 0.1) is 20.8 Å². The Hall–Kier alpha value is -2.28. The molecule has 0 saturated carbocycles. The third-order valence-corrected chi connectivity index (χ3v) is 4.79. The van der Waals surface area contributed by atoms with Crippen molar-refractivity contribution in [1.82, 2.24) is 20.0 Å². The number of nitrogens with one attached hydrogen (secondary N) is 1. The Bertz CT molecular complexity index is 750. The van der Waals surface area contributed by atoms with E-state index in [0.717, 1.165) is 29.3 Å². The average Bonchev–Trinajstić information content (AvgIpc) is 3.13. The molecule has 7 heteroatoms. The topological polar surface area (TPSA) is 72.5 Å². The van der Waals surface area contributed by atoms with Crippen molar-refractivity contribution in [3.8, 4) is 0 Å². The third-order valence-electron chi connectivity index (χ3n) is 4.79. The van der Waals surface area contributed by atoms with E-state index >= 15 is 0 Å². The van der Waals surface area contributed by atoms with Crippen molar-refractivity contribution < 1.29 is 13.9 Å². The molecule has 7 nitrogen and oxygen atoms in total. The van der Waals surface area contributed by atoms with Crippen LogP contribution in [0.5, 0.6) is 0 Å². The number of amides is 2. The van der Waals surface area contributed by atoms with Gasteiger partial charge >= 0.3 is 6.03 Å². The van der Waals surface area contributed by atoms with Crippen LogP contribution in [0.15, 0.2) is 16.5 Å². The highest BCUT2D eigenvalue weighted by molar-refractivity contribution is 5.74. The lowest BCUT2D eigenvalue weighted by molar-refractivity contribution is 0.00413. The molecule has 2 amide bonds. The summed E-state index contributed by atoms with van der Waals surface area (Å²) >= 11 is 0. The smallest absolute Gasteiger partial charge is 0.318 e. The highest BCUT2D eigenvalue weighted by Gasteiger charge is 2.30. The second-order valence-corrected chi connectivity index (χ2v) is 6.49. The zero-order valence-electron chi connectivity index (χ0n) is 15.3. The molecule has 3 heterocycles. The number of morpholine rings is 1. The first kappa shape index (κ1) is 17.5. The standard InChI is InChI=1S/C18H26N4O3/c1-12-5-6-17(25-12)16-11-24-10-9-22(16)18(23)19-8-7-15-13(2)20-21(4)14(15)3/h5-6,16H,7-11H2,1-4H3,(H,19,23)/t16-/m1/s1. The van der Waals surface area contributed by atoms with Crippen LogP contribution in [-0.4, -0.2) is 47.0 Å². The lowest BCUT2D eigenvalue weighted by Crippen LogP contribution is -2.48. The van der Waals surface area contributed by atoms with Gasteiger partial charge in [-0.05, 0) is 44.9 Å². The van der Waals surface area contributed by atoms with Crippen LogP contribution >= 0.6 is 0 Å². The predicted octanol–water partition coefficient (Wildman–Crippen LogP) is 2.26. The van der Waals surface area contributed by atoms with Gasteiger partial charge in [-0.3, -0.25) is 4.68 Å². The Morgan fingerprint density at radius 1 is 1.36 bits per heavy atom. The van der Waals surface area contributed by atoms with Gasteiger partial charge in [-0.1, -0.05) is 0 Å². The Kier molecular flexibility index (Phi) is 5.13. The molecule has 3 rings (SSSR count). The number of ether oxygens (including phenoxy) is 1. The maximum absolute atomic E-state index is 12.7. The predicted molar refractivity (Wildman–Crippen MR) is 93.5 cm³/mol. The van der Waals surface area contributed by atoms with Crippen LogP contribution in [0.2, 0.25) is 0 Å². The minimum Gasteiger partial charge on any atom is -0.464 e. The molecule has 0 bridgehead atoms. The molecule has 136 valence electrons. The summed E-state index contributed by atoms with van der Waals surface area (Å²) in [5.41, 5.74) is 3.36. The van der Waals surface area contributed by atoms with Gasteiger partial charge < -0.3 is 19.4 Å². The second-order valence-electron chi connectivity index (χ2n) is 6.49. The lowest BCUT2D eigenvalue weighted by Gasteiger charge is -2.34. The highest BCUT2D eigenvalue weighted by atomic mass is 16.5. The van der Waals surface area contributed by atoms with Gasteiger partial charge in [0, 0.05) is 25.8 Å². The van der Waals surface area contributed by atoms with Crippen LogP contribution < -0.4 is 5.32 Å². The largest absolute Gasteiger partial charge is 0.464 e. The lowest BCUT2D eigenvalue weighted by atomic mass is 10.1. The minimum atomic E-state index is -0.177. The van der Waals surface area contributed by atoms with Crippen LogP contribution in [0.25, 0.3) is 0 Å². The summed E-state index contributed by atoms with van der Waals surface area (Å²) in [5, 5.41) is 7.44. The van der Waals surface area contributed by atoms with Crippen LogP contribution in [0.4, 0.5) is 4.79 Å². The average molecular weight is 346 g/mol. The van der Waals surface area contributed by atoms with Gasteiger partial charge in [-0.15, -0.1) is 0 Å². The quantitative estimate of drug-likeness (QED) is 0.922. The number of carbonyl (C=O) groups excluding carboxylic acids is 1. The van der Waals surface area contributed by atoms with Crippen LogP contribution in [-0.2, 0) is 18.2 Å². The van der Waals surface area contributed by atoms with Crippen molar-refractivity contribution in [1.29, 1.82) is 0 Å². The molecule has 0 aromatic carbocycles. The first-order valence-corrected chi connectivity index (χ1v) is 8.65. The molecule has 0 radical (unpaired) electrons. The van der Waals surface area contributed by atoms with Gasteiger partial charge in [0.2, 0.25) is 0 Å². The summed E-state index contributed by atoms with van der Waals surface area (Å²) < 4.78 is 13.1. The fourth-order valence-corrected chi connectivity index (χ4v) is 3.29. The van der Waals surface area contributed by atoms with Gasteiger partial charge in [0.05, 0.1) is 18.9 Å². The van der Waals surface area contributed by atoms with Crippen LogP contribution in [0.3, 0.4) is 0 Å². The molecule has 0 aliphatic carbocycles. The van der Waals surface area contributed by atoms with Gasteiger partial charge in [0.25, 0.3) is 0 Å². The molecule has 1 N–H and O–H groups in total. The normalized spacial score (nSPS) is 17.8. The molecule has 0 spiro atoms. The maximum Gasteiger partial charge on any atom is 0.318 e.